The van der Waals surface area contributed by atoms with Gasteiger partial charge in [0.25, 0.3) is 0 Å². The monoisotopic (exact) mass is 379 g/mol. The molecule has 2 atom stereocenters. The van der Waals surface area contributed by atoms with Gasteiger partial charge in [0.1, 0.15) is 4.34 Å². The van der Waals surface area contributed by atoms with E-state index >= 15 is 0 Å². The zero-order chi connectivity index (χ0) is 14.7. The first-order chi connectivity index (χ1) is 9.56. The molecular weight excluding hydrogens is 358 g/mol. The predicted molar refractivity (Wildman–Crippen MR) is 91.7 cm³/mol. The Labute approximate surface area is 139 Å². The van der Waals surface area contributed by atoms with Crippen LogP contribution in [0.3, 0.4) is 0 Å². The minimum atomic E-state index is 0.278. The smallest absolute Gasteiger partial charge is 0.107 e. The van der Waals surface area contributed by atoms with E-state index in [2.05, 4.69) is 45.8 Å². The number of nitrogens with two attached hydrogens (primary N) is 1. The van der Waals surface area contributed by atoms with Gasteiger partial charge < -0.3 is 10.6 Å². The Bertz CT molecular complexity index is 421. The normalized spacial score (nSPS) is 23.8. The van der Waals surface area contributed by atoms with Crippen LogP contribution in [0.15, 0.2) is 10.5 Å². The summed E-state index contributed by atoms with van der Waals surface area (Å²) in [6.45, 7) is 6.30. The third kappa shape index (κ3) is 3.76. The van der Waals surface area contributed by atoms with Crippen molar-refractivity contribution < 1.29 is 0 Å². The van der Waals surface area contributed by atoms with Crippen molar-refractivity contribution in [2.24, 2.45) is 5.73 Å². The van der Waals surface area contributed by atoms with Gasteiger partial charge in [0.15, 0.2) is 0 Å². The molecule has 0 aliphatic carbocycles. The predicted octanol–water partition coefficient (Wildman–Crippen LogP) is 3.58. The van der Waals surface area contributed by atoms with Gasteiger partial charge >= 0.3 is 0 Å². The molecule has 1 aliphatic rings. The topological polar surface area (TPSA) is 32.5 Å². The highest BCUT2D eigenvalue weighted by molar-refractivity contribution is 9.10. The van der Waals surface area contributed by atoms with Gasteiger partial charge in [-0.2, -0.15) is 0 Å². The fourth-order valence-electron chi connectivity index (χ4n) is 2.98. The van der Waals surface area contributed by atoms with Crippen LogP contribution in [-0.2, 0) is 0 Å². The van der Waals surface area contributed by atoms with Crippen molar-refractivity contribution in [1.29, 1.82) is 0 Å². The first-order valence-electron chi connectivity index (χ1n) is 7.15. The average Bonchev–Trinajstić information content (AvgIpc) is 2.63. The number of hydrogen-bond acceptors (Lipinski definition) is 4. The van der Waals surface area contributed by atoms with Gasteiger partial charge in [0.2, 0.25) is 0 Å². The number of thiophene rings is 1. The van der Waals surface area contributed by atoms with Crippen LogP contribution in [-0.4, -0.2) is 49.1 Å². The first kappa shape index (κ1) is 16.7. The highest BCUT2D eigenvalue weighted by Crippen LogP contribution is 2.38. The van der Waals surface area contributed by atoms with Gasteiger partial charge in [0.05, 0.1) is 6.04 Å². The van der Waals surface area contributed by atoms with Crippen LogP contribution in [0, 0.1) is 0 Å². The van der Waals surface area contributed by atoms with E-state index < -0.39 is 0 Å². The van der Waals surface area contributed by atoms with E-state index in [0.29, 0.717) is 12.6 Å². The molecule has 1 aromatic rings. The van der Waals surface area contributed by atoms with Crippen molar-refractivity contribution in [3.05, 3.63) is 19.8 Å². The average molecular weight is 381 g/mol. The molecule has 0 radical (unpaired) electrons. The summed E-state index contributed by atoms with van der Waals surface area (Å²) in [5, 5.41) is 0. The molecule has 2 rings (SSSR count). The molecule has 2 N–H and O–H groups in total. The van der Waals surface area contributed by atoms with E-state index in [1.165, 1.54) is 17.8 Å². The Hall–Kier alpha value is 0.350. The SMILES string of the molecule is CCC1CN(C)CCCN1C(CN)c1cc(Br)c(Cl)s1. The molecule has 1 aromatic heterocycles. The Morgan fingerprint density at radius 3 is 2.85 bits per heavy atom. The van der Waals surface area contributed by atoms with E-state index in [4.69, 9.17) is 17.3 Å². The number of nitrogens with zero attached hydrogens (tertiary/aromatic N) is 2. The summed E-state index contributed by atoms with van der Waals surface area (Å²) in [6.07, 6.45) is 2.35. The van der Waals surface area contributed by atoms with Crippen LogP contribution in [0.1, 0.15) is 30.7 Å². The van der Waals surface area contributed by atoms with Crippen LogP contribution < -0.4 is 5.73 Å². The summed E-state index contributed by atoms with van der Waals surface area (Å²) in [7, 11) is 2.21. The zero-order valence-electron chi connectivity index (χ0n) is 12.1. The summed E-state index contributed by atoms with van der Waals surface area (Å²) in [5.74, 6) is 0. The van der Waals surface area contributed by atoms with Crippen molar-refractivity contribution >= 4 is 38.9 Å². The third-order valence-corrected chi connectivity index (χ3v) is 6.61. The first-order valence-corrected chi connectivity index (χ1v) is 9.14. The second-order valence-corrected chi connectivity index (χ2v) is 7.98. The van der Waals surface area contributed by atoms with E-state index in [0.717, 1.165) is 28.3 Å². The molecule has 0 saturated carbocycles. The Morgan fingerprint density at radius 2 is 2.30 bits per heavy atom. The summed E-state index contributed by atoms with van der Waals surface area (Å²) >= 11 is 11.3. The maximum Gasteiger partial charge on any atom is 0.107 e. The molecule has 2 unspecified atom stereocenters. The van der Waals surface area contributed by atoms with Gasteiger partial charge in [-0.1, -0.05) is 18.5 Å². The van der Waals surface area contributed by atoms with E-state index in [1.54, 1.807) is 11.3 Å². The minimum Gasteiger partial charge on any atom is -0.329 e. The highest BCUT2D eigenvalue weighted by atomic mass is 79.9. The van der Waals surface area contributed by atoms with Crippen molar-refractivity contribution in [3.8, 4) is 0 Å². The van der Waals surface area contributed by atoms with Crippen LogP contribution in [0.4, 0.5) is 0 Å². The fourth-order valence-corrected chi connectivity index (χ4v) is 4.85. The summed E-state index contributed by atoms with van der Waals surface area (Å²) < 4.78 is 1.80. The van der Waals surface area contributed by atoms with Crippen LogP contribution in [0.5, 0.6) is 0 Å². The fraction of sp³-hybridized carbons (Fsp3) is 0.714. The van der Waals surface area contributed by atoms with E-state index in [1.807, 2.05) is 0 Å². The number of halogens is 2. The molecule has 1 aliphatic heterocycles. The van der Waals surface area contributed by atoms with E-state index in [-0.39, 0.29) is 6.04 Å². The molecule has 114 valence electrons. The molecule has 0 bridgehead atoms. The second-order valence-electron chi connectivity index (χ2n) is 5.44. The Balaban J connectivity index is 2.23. The van der Waals surface area contributed by atoms with Crippen LogP contribution in [0.2, 0.25) is 4.34 Å². The molecule has 0 aromatic carbocycles. The van der Waals surface area contributed by atoms with Crippen LogP contribution in [0.25, 0.3) is 0 Å². The molecule has 3 nitrogen and oxygen atoms in total. The van der Waals surface area contributed by atoms with Gasteiger partial charge in [-0.25, -0.2) is 0 Å². The lowest BCUT2D eigenvalue weighted by Gasteiger charge is -2.36. The Morgan fingerprint density at radius 1 is 1.55 bits per heavy atom. The summed E-state index contributed by atoms with van der Waals surface area (Å²) in [4.78, 5) is 6.28. The third-order valence-electron chi connectivity index (χ3n) is 4.04. The molecule has 6 heteroatoms. The number of hydrogen-bond donors (Lipinski definition) is 1. The molecule has 0 spiro atoms. The van der Waals surface area contributed by atoms with Gasteiger partial charge in [-0.3, -0.25) is 4.90 Å². The van der Waals surface area contributed by atoms with Crippen molar-refractivity contribution in [2.75, 3.05) is 33.2 Å². The molecule has 0 amide bonds. The van der Waals surface area contributed by atoms with Crippen molar-refractivity contribution in [2.45, 2.75) is 31.8 Å². The number of rotatable bonds is 4. The van der Waals surface area contributed by atoms with Crippen LogP contribution >= 0.6 is 38.9 Å². The highest BCUT2D eigenvalue weighted by Gasteiger charge is 2.29. The maximum absolute atomic E-state index is 6.20. The lowest BCUT2D eigenvalue weighted by atomic mass is 10.1. The minimum absolute atomic E-state index is 0.278. The standard InChI is InChI=1S/C14H23BrClN3S/c1-3-10-9-18(2)5-4-6-19(10)12(8-17)13-7-11(15)14(16)20-13/h7,10,12H,3-6,8-9,17H2,1-2H3. The lowest BCUT2D eigenvalue weighted by Crippen LogP contribution is -2.44. The lowest BCUT2D eigenvalue weighted by molar-refractivity contribution is 0.133. The van der Waals surface area contributed by atoms with Crippen molar-refractivity contribution in [1.82, 2.24) is 9.80 Å². The molecule has 1 saturated heterocycles. The Kier molecular flexibility index (Phi) is 6.32. The van der Waals surface area contributed by atoms with E-state index in [9.17, 15) is 0 Å². The van der Waals surface area contributed by atoms with Gasteiger partial charge in [0, 0.05) is 35.0 Å². The molecule has 1 fully saturated rings. The second kappa shape index (κ2) is 7.56. The molecular formula is C14H23BrClN3S. The number of likely N-dealkylation sites (N-methyl/N-ethyl adjacent to an activating group) is 1. The maximum atomic E-state index is 6.20. The quantitative estimate of drug-likeness (QED) is 0.866. The zero-order valence-corrected chi connectivity index (χ0v) is 15.3. The summed E-state index contributed by atoms with van der Waals surface area (Å²) in [5.41, 5.74) is 6.09. The van der Waals surface area contributed by atoms with Crippen molar-refractivity contribution in [3.63, 3.8) is 0 Å². The van der Waals surface area contributed by atoms with Gasteiger partial charge in [-0.05, 0) is 48.4 Å². The van der Waals surface area contributed by atoms with Gasteiger partial charge in [-0.15, -0.1) is 11.3 Å². The summed E-state index contributed by atoms with van der Waals surface area (Å²) in [6, 6.07) is 2.97. The molecule has 2 heterocycles. The molecule has 20 heavy (non-hydrogen) atoms. The largest absolute Gasteiger partial charge is 0.329 e.